The molecule has 1 aliphatic heterocycles. The number of carbonyl (C=O) groups excluding carboxylic acids is 2. The van der Waals surface area contributed by atoms with Crippen LogP contribution in [-0.2, 0) is 23.9 Å². The van der Waals surface area contributed by atoms with E-state index in [1.54, 1.807) is 0 Å². The van der Waals surface area contributed by atoms with Gasteiger partial charge in [-0.2, -0.15) is 0 Å². The Labute approximate surface area is 178 Å². The van der Waals surface area contributed by atoms with Gasteiger partial charge in [0.25, 0.3) is 0 Å². The first-order valence-corrected chi connectivity index (χ1v) is 9.00. The molecule has 0 fully saturated rings. The Kier molecular flexibility index (Phi) is 7.95. The second kappa shape index (κ2) is 10.2. The number of hydrogen-bond donors (Lipinski definition) is 2. The maximum Gasteiger partial charge on any atom is 0.336 e. The van der Waals surface area contributed by atoms with Crippen molar-refractivity contribution in [2.45, 2.75) is 19.0 Å². The first-order valence-electron chi connectivity index (χ1n) is 9.00. The van der Waals surface area contributed by atoms with Crippen LogP contribution < -0.4 is 5.32 Å². The Balaban J connectivity index is 2.95. The number of halogens is 5. The highest BCUT2D eigenvalue weighted by Crippen LogP contribution is 2.43. The number of carboxylic acid groups (broad SMARTS) is 1. The molecule has 2 N–H and O–H groups in total. The third kappa shape index (κ3) is 4.89. The molecule has 0 saturated heterocycles. The number of ether oxygens (including phenoxy) is 2. The van der Waals surface area contributed by atoms with Gasteiger partial charge in [0.1, 0.15) is 31.6 Å². The first kappa shape index (κ1) is 24.8. The fraction of sp³-hybridized carbons (Fsp3) is 0.350. The molecule has 2 unspecified atom stereocenters. The Bertz CT molecular complexity index is 1010. The summed E-state index contributed by atoms with van der Waals surface area (Å²) in [6.07, 6.45) is -2.65. The molecule has 174 valence electrons. The Morgan fingerprint density at radius 1 is 1.16 bits per heavy atom. The molecule has 0 aromatic heterocycles. The minimum absolute atomic E-state index is 0.254. The third-order valence-electron chi connectivity index (χ3n) is 4.60. The smallest absolute Gasteiger partial charge is 0.336 e. The fourth-order valence-electron chi connectivity index (χ4n) is 3.37. The number of nitrogens with one attached hydrogen (secondary N) is 1. The lowest BCUT2D eigenvalue weighted by molar-refractivity contribution is -0.141. The van der Waals surface area contributed by atoms with Gasteiger partial charge in [-0.15, -0.1) is 0 Å². The molecule has 0 saturated carbocycles. The number of esters is 2. The zero-order valence-electron chi connectivity index (χ0n) is 16.8. The van der Waals surface area contributed by atoms with Crippen LogP contribution in [0.5, 0.6) is 0 Å². The SMILES string of the molecule is COC(=O)C1=C(CF)NC(COC(C)=O)=C(C(=O)O)C1c1cc(F)cc(F)c1C(F)CF. The summed E-state index contributed by atoms with van der Waals surface area (Å²) >= 11 is 0. The molecule has 0 aliphatic carbocycles. The van der Waals surface area contributed by atoms with Crippen LogP contribution in [0.2, 0.25) is 0 Å². The van der Waals surface area contributed by atoms with Gasteiger partial charge in [-0.3, -0.25) is 4.79 Å². The highest BCUT2D eigenvalue weighted by molar-refractivity contribution is 5.99. The molecular formula is C20H18F5NO6. The molecule has 7 nitrogen and oxygen atoms in total. The second-order valence-corrected chi connectivity index (χ2v) is 6.57. The van der Waals surface area contributed by atoms with Crippen molar-refractivity contribution in [1.82, 2.24) is 5.32 Å². The Morgan fingerprint density at radius 3 is 2.31 bits per heavy atom. The molecule has 1 heterocycles. The standard InChI is InChI=1S/C20H18F5NO6/c1-8(27)32-7-14-17(19(28)29)16(18(20(30)31-2)13(6-22)26-14)10-3-9(23)4-11(24)15(10)12(25)5-21/h3-4,12,16,26H,5-7H2,1-2H3,(H,28,29). The quantitative estimate of drug-likeness (QED) is 0.452. The Morgan fingerprint density at radius 2 is 1.81 bits per heavy atom. The number of carbonyl (C=O) groups is 3. The van der Waals surface area contributed by atoms with E-state index in [4.69, 9.17) is 4.74 Å². The number of methoxy groups -OCH3 is 1. The van der Waals surface area contributed by atoms with Crippen LogP contribution in [0, 0.1) is 11.6 Å². The second-order valence-electron chi connectivity index (χ2n) is 6.57. The molecule has 2 rings (SSSR count). The maximum atomic E-state index is 14.5. The Hall–Kier alpha value is -3.44. The van der Waals surface area contributed by atoms with Crippen LogP contribution in [0.25, 0.3) is 0 Å². The minimum atomic E-state index is -2.65. The molecule has 0 amide bonds. The van der Waals surface area contributed by atoms with Crippen molar-refractivity contribution in [1.29, 1.82) is 0 Å². The normalized spacial score (nSPS) is 17.0. The number of aliphatic carboxylic acids is 1. The molecule has 2 atom stereocenters. The largest absolute Gasteiger partial charge is 0.478 e. The van der Waals surface area contributed by atoms with Crippen LogP contribution in [0.1, 0.15) is 30.1 Å². The molecule has 0 bridgehead atoms. The summed E-state index contributed by atoms with van der Waals surface area (Å²) in [5.74, 6) is -8.71. The van der Waals surface area contributed by atoms with Gasteiger partial charge in [-0.1, -0.05) is 0 Å². The number of rotatable bonds is 8. The van der Waals surface area contributed by atoms with E-state index in [1.807, 2.05) is 0 Å². The lowest BCUT2D eigenvalue weighted by Crippen LogP contribution is -2.36. The number of hydrogen-bond acceptors (Lipinski definition) is 6. The number of dihydropyridines is 1. The topological polar surface area (TPSA) is 102 Å². The molecule has 1 aromatic rings. The van der Waals surface area contributed by atoms with Crippen molar-refractivity contribution in [2.75, 3.05) is 27.1 Å². The van der Waals surface area contributed by atoms with E-state index in [0.29, 0.717) is 6.07 Å². The van der Waals surface area contributed by atoms with E-state index in [9.17, 15) is 41.4 Å². The summed E-state index contributed by atoms with van der Waals surface area (Å²) < 4.78 is 79.1. The molecule has 1 aromatic carbocycles. The molecule has 12 heteroatoms. The molecule has 1 aliphatic rings. The van der Waals surface area contributed by atoms with Crippen molar-refractivity contribution >= 4 is 17.9 Å². The fourth-order valence-corrected chi connectivity index (χ4v) is 3.37. The van der Waals surface area contributed by atoms with Crippen molar-refractivity contribution in [3.8, 4) is 0 Å². The molecule has 0 spiro atoms. The zero-order chi connectivity index (χ0) is 24.2. The molecule has 0 radical (unpaired) electrons. The predicted octanol–water partition coefficient (Wildman–Crippen LogP) is 2.93. The summed E-state index contributed by atoms with van der Waals surface area (Å²) in [5, 5.41) is 12.1. The van der Waals surface area contributed by atoms with Crippen LogP contribution in [0.4, 0.5) is 22.0 Å². The highest BCUT2D eigenvalue weighted by atomic mass is 19.2. The minimum Gasteiger partial charge on any atom is -0.478 e. The summed E-state index contributed by atoms with van der Waals surface area (Å²) in [5.41, 5.74) is -4.36. The highest BCUT2D eigenvalue weighted by Gasteiger charge is 2.42. The van der Waals surface area contributed by atoms with Crippen molar-refractivity contribution in [3.05, 3.63) is 57.4 Å². The van der Waals surface area contributed by atoms with Gasteiger partial charge in [0.05, 0.1) is 35.6 Å². The number of alkyl halides is 3. The first-order chi connectivity index (χ1) is 15.1. The monoisotopic (exact) mass is 463 g/mol. The lowest BCUT2D eigenvalue weighted by Gasteiger charge is -2.32. The van der Waals surface area contributed by atoms with Gasteiger partial charge in [0.15, 0.2) is 6.17 Å². The summed E-state index contributed by atoms with van der Waals surface area (Å²) in [4.78, 5) is 35.7. The van der Waals surface area contributed by atoms with Crippen molar-refractivity contribution in [2.24, 2.45) is 0 Å². The van der Waals surface area contributed by atoms with Crippen molar-refractivity contribution < 1.29 is 50.9 Å². The van der Waals surface area contributed by atoms with E-state index < -0.39 is 95.3 Å². The van der Waals surface area contributed by atoms with E-state index >= 15 is 0 Å². The third-order valence-corrected chi connectivity index (χ3v) is 4.60. The summed E-state index contributed by atoms with van der Waals surface area (Å²) in [7, 11) is 0.882. The summed E-state index contributed by atoms with van der Waals surface area (Å²) in [6.45, 7) is -2.91. The van der Waals surface area contributed by atoms with Crippen LogP contribution in [0.15, 0.2) is 34.7 Å². The number of benzene rings is 1. The van der Waals surface area contributed by atoms with E-state index in [0.717, 1.165) is 14.0 Å². The van der Waals surface area contributed by atoms with Gasteiger partial charge in [0, 0.05) is 18.6 Å². The van der Waals surface area contributed by atoms with E-state index in [-0.39, 0.29) is 6.07 Å². The van der Waals surface area contributed by atoms with Crippen LogP contribution in [0.3, 0.4) is 0 Å². The average molecular weight is 463 g/mol. The lowest BCUT2D eigenvalue weighted by atomic mass is 9.77. The predicted molar refractivity (Wildman–Crippen MR) is 98.4 cm³/mol. The molecular weight excluding hydrogens is 445 g/mol. The van der Waals surface area contributed by atoms with E-state index in [2.05, 4.69) is 10.1 Å². The van der Waals surface area contributed by atoms with E-state index in [1.165, 1.54) is 0 Å². The van der Waals surface area contributed by atoms with Gasteiger partial charge in [0.2, 0.25) is 0 Å². The van der Waals surface area contributed by atoms with Crippen molar-refractivity contribution in [3.63, 3.8) is 0 Å². The van der Waals surface area contributed by atoms with Crippen LogP contribution in [-0.4, -0.2) is 50.1 Å². The van der Waals surface area contributed by atoms with Gasteiger partial charge >= 0.3 is 17.9 Å². The maximum absolute atomic E-state index is 14.5. The van der Waals surface area contributed by atoms with Gasteiger partial charge < -0.3 is 19.9 Å². The van der Waals surface area contributed by atoms with Gasteiger partial charge in [-0.05, 0) is 11.6 Å². The number of carboxylic acids is 1. The average Bonchev–Trinajstić information content (AvgIpc) is 2.74. The van der Waals surface area contributed by atoms with Crippen LogP contribution >= 0.6 is 0 Å². The zero-order valence-corrected chi connectivity index (χ0v) is 16.8. The summed E-state index contributed by atoms with van der Waals surface area (Å²) in [6, 6.07) is 0.769. The number of allylic oxidation sites excluding steroid dienone is 1. The molecule has 32 heavy (non-hydrogen) atoms. The van der Waals surface area contributed by atoms with Gasteiger partial charge in [-0.25, -0.2) is 31.5 Å².